The molecule has 1 saturated heterocycles. The summed E-state index contributed by atoms with van der Waals surface area (Å²) in [5.74, 6) is 1.66. The van der Waals surface area contributed by atoms with Gasteiger partial charge in [-0.25, -0.2) is 0 Å². The molecule has 118 valence electrons. The van der Waals surface area contributed by atoms with Crippen LogP contribution >= 0.6 is 0 Å². The van der Waals surface area contributed by atoms with Gasteiger partial charge >= 0.3 is 0 Å². The average Bonchev–Trinajstić information content (AvgIpc) is 2.46. The third kappa shape index (κ3) is 4.44. The minimum absolute atomic E-state index is 0.545. The Morgan fingerprint density at radius 2 is 2.15 bits per heavy atom. The third-order valence-electron chi connectivity index (χ3n) is 5.12. The predicted molar refractivity (Wildman–Crippen MR) is 82.8 cm³/mol. The van der Waals surface area contributed by atoms with Crippen molar-refractivity contribution < 1.29 is 9.47 Å². The molecule has 0 aromatic heterocycles. The van der Waals surface area contributed by atoms with Crippen LogP contribution in [-0.4, -0.2) is 44.0 Å². The molecule has 4 atom stereocenters. The number of fused-ring (bicyclic) bond motifs is 1. The first-order valence-electron chi connectivity index (χ1n) is 8.59. The van der Waals surface area contributed by atoms with E-state index in [1.807, 2.05) is 0 Å². The summed E-state index contributed by atoms with van der Waals surface area (Å²) in [6.07, 6.45) is 9.51. The van der Waals surface area contributed by atoms with Gasteiger partial charge in [-0.15, -0.1) is 0 Å². The summed E-state index contributed by atoms with van der Waals surface area (Å²) in [4.78, 5) is 2.61. The van der Waals surface area contributed by atoms with Gasteiger partial charge < -0.3 is 9.47 Å². The quantitative estimate of drug-likeness (QED) is 0.665. The Kier molecular flexibility index (Phi) is 6.79. The maximum atomic E-state index is 6.17. The van der Waals surface area contributed by atoms with Crippen LogP contribution in [0.5, 0.6) is 0 Å². The lowest BCUT2D eigenvalue weighted by Gasteiger charge is -2.45. The third-order valence-corrected chi connectivity index (χ3v) is 5.12. The summed E-state index contributed by atoms with van der Waals surface area (Å²) in [5.41, 5.74) is 0. The Morgan fingerprint density at radius 1 is 1.30 bits per heavy atom. The molecule has 0 N–H and O–H groups in total. The van der Waals surface area contributed by atoms with E-state index in [1.54, 1.807) is 7.11 Å². The highest BCUT2D eigenvalue weighted by Gasteiger charge is 2.36. The second kappa shape index (κ2) is 8.35. The van der Waals surface area contributed by atoms with Crippen molar-refractivity contribution in [2.24, 2.45) is 11.8 Å². The molecule has 0 aromatic carbocycles. The highest BCUT2D eigenvalue weighted by molar-refractivity contribution is 4.86. The van der Waals surface area contributed by atoms with Crippen molar-refractivity contribution in [3.63, 3.8) is 0 Å². The van der Waals surface area contributed by atoms with Crippen molar-refractivity contribution >= 4 is 0 Å². The highest BCUT2D eigenvalue weighted by atomic mass is 16.5. The molecule has 0 aromatic rings. The Labute approximate surface area is 125 Å². The van der Waals surface area contributed by atoms with Gasteiger partial charge in [0.1, 0.15) is 0 Å². The lowest BCUT2D eigenvalue weighted by Crippen LogP contribution is -2.51. The molecule has 2 fully saturated rings. The van der Waals surface area contributed by atoms with Crippen LogP contribution in [0.25, 0.3) is 0 Å². The Balaban J connectivity index is 1.85. The standard InChI is InChI=1S/C17H33NO2/c1-4-6-16(7-5-10-19-3)18-12-15-11-14(2)8-9-17(15)20-13-18/h14-17H,4-13H2,1-3H3. The first-order chi connectivity index (χ1) is 9.74. The fraction of sp³-hybridized carbons (Fsp3) is 1.00. The summed E-state index contributed by atoms with van der Waals surface area (Å²) in [5, 5.41) is 0. The second-order valence-corrected chi connectivity index (χ2v) is 6.86. The number of methoxy groups -OCH3 is 1. The van der Waals surface area contributed by atoms with Crippen molar-refractivity contribution in [1.82, 2.24) is 4.90 Å². The summed E-state index contributed by atoms with van der Waals surface area (Å²) in [6, 6.07) is 0.688. The Morgan fingerprint density at radius 3 is 2.90 bits per heavy atom. The average molecular weight is 283 g/mol. The largest absolute Gasteiger partial charge is 0.385 e. The fourth-order valence-corrected chi connectivity index (χ4v) is 3.99. The number of nitrogens with zero attached hydrogens (tertiary/aromatic N) is 1. The topological polar surface area (TPSA) is 21.7 Å². The van der Waals surface area contributed by atoms with Crippen LogP contribution < -0.4 is 0 Å². The molecule has 1 heterocycles. The van der Waals surface area contributed by atoms with E-state index in [9.17, 15) is 0 Å². The van der Waals surface area contributed by atoms with Gasteiger partial charge in [-0.2, -0.15) is 0 Å². The molecule has 3 heteroatoms. The molecule has 0 amide bonds. The van der Waals surface area contributed by atoms with Crippen LogP contribution in [0.2, 0.25) is 0 Å². The van der Waals surface area contributed by atoms with Crippen molar-refractivity contribution in [3.05, 3.63) is 0 Å². The van der Waals surface area contributed by atoms with Gasteiger partial charge in [-0.1, -0.05) is 20.3 Å². The summed E-state index contributed by atoms with van der Waals surface area (Å²) in [7, 11) is 1.80. The molecular weight excluding hydrogens is 250 g/mol. The van der Waals surface area contributed by atoms with Crippen LogP contribution in [-0.2, 0) is 9.47 Å². The first-order valence-corrected chi connectivity index (χ1v) is 8.59. The van der Waals surface area contributed by atoms with Gasteiger partial charge in [-0.3, -0.25) is 4.90 Å². The number of hydrogen-bond acceptors (Lipinski definition) is 3. The maximum absolute atomic E-state index is 6.17. The molecule has 1 aliphatic heterocycles. The SMILES string of the molecule is CCCC(CCCOC)N1COC2CCC(C)CC2C1. The summed E-state index contributed by atoms with van der Waals surface area (Å²) >= 11 is 0. The molecule has 1 saturated carbocycles. The minimum Gasteiger partial charge on any atom is -0.385 e. The van der Waals surface area contributed by atoms with Crippen molar-refractivity contribution in [1.29, 1.82) is 0 Å². The molecular formula is C17H33NO2. The monoisotopic (exact) mass is 283 g/mol. The molecule has 0 radical (unpaired) electrons. The molecule has 20 heavy (non-hydrogen) atoms. The van der Waals surface area contributed by atoms with Gasteiger partial charge in [0, 0.05) is 26.3 Å². The smallest absolute Gasteiger partial charge is 0.0996 e. The second-order valence-electron chi connectivity index (χ2n) is 6.86. The molecule has 0 spiro atoms. The molecule has 3 nitrogen and oxygen atoms in total. The van der Waals surface area contributed by atoms with E-state index in [-0.39, 0.29) is 0 Å². The van der Waals surface area contributed by atoms with Gasteiger partial charge in [0.15, 0.2) is 0 Å². The van der Waals surface area contributed by atoms with Crippen LogP contribution in [0.1, 0.15) is 58.8 Å². The van der Waals surface area contributed by atoms with E-state index in [4.69, 9.17) is 9.47 Å². The van der Waals surface area contributed by atoms with Gasteiger partial charge in [0.25, 0.3) is 0 Å². The zero-order chi connectivity index (χ0) is 14.4. The van der Waals surface area contributed by atoms with E-state index < -0.39 is 0 Å². The molecule has 2 rings (SSSR count). The van der Waals surface area contributed by atoms with Gasteiger partial charge in [-0.05, 0) is 50.4 Å². The van der Waals surface area contributed by atoms with Crippen LogP contribution in [0, 0.1) is 11.8 Å². The summed E-state index contributed by atoms with van der Waals surface area (Å²) < 4.78 is 11.4. The lowest BCUT2D eigenvalue weighted by molar-refractivity contribution is -0.137. The van der Waals surface area contributed by atoms with Crippen molar-refractivity contribution in [2.75, 3.05) is 27.0 Å². The Hall–Kier alpha value is -0.120. The Bertz CT molecular complexity index is 272. The van der Waals surface area contributed by atoms with E-state index in [1.165, 1.54) is 51.5 Å². The van der Waals surface area contributed by atoms with Gasteiger partial charge in [0.05, 0.1) is 12.8 Å². The maximum Gasteiger partial charge on any atom is 0.0996 e. The van der Waals surface area contributed by atoms with Crippen LogP contribution in [0.4, 0.5) is 0 Å². The predicted octanol–water partition coefficient (Wildman–Crippen LogP) is 3.68. The van der Waals surface area contributed by atoms with E-state index in [0.717, 1.165) is 25.2 Å². The number of hydrogen-bond donors (Lipinski definition) is 0. The first kappa shape index (κ1) is 16.3. The molecule has 0 bridgehead atoms. The van der Waals surface area contributed by atoms with E-state index >= 15 is 0 Å². The fourth-order valence-electron chi connectivity index (χ4n) is 3.99. The van der Waals surface area contributed by atoms with Crippen molar-refractivity contribution in [2.45, 2.75) is 70.9 Å². The van der Waals surface area contributed by atoms with Gasteiger partial charge in [0.2, 0.25) is 0 Å². The van der Waals surface area contributed by atoms with Crippen LogP contribution in [0.15, 0.2) is 0 Å². The minimum atomic E-state index is 0.545. The van der Waals surface area contributed by atoms with Crippen LogP contribution in [0.3, 0.4) is 0 Å². The number of rotatable bonds is 7. The zero-order valence-corrected chi connectivity index (χ0v) is 13.6. The molecule has 4 unspecified atom stereocenters. The van der Waals surface area contributed by atoms with Crippen molar-refractivity contribution in [3.8, 4) is 0 Å². The molecule has 1 aliphatic carbocycles. The zero-order valence-electron chi connectivity index (χ0n) is 13.6. The summed E-state index contributed by atoms with van der Waals surface area (Å²) in [6.45, 7) is 7.69. The van der Waals surface area contributed by atoms with E-state index in [2.05, 4.69) is 18.7 Å². The molecule has 2 aliphatic rings. The lowest BCUT2D eigenvalue weighted by atomic mass is 9.79. The normalized spacial score (nSPS) is 32.9. The number of ether oxygens (including phenoxy) is 2. The highest BCUT2D eigenvalue weighted by Crippen LogP contribution is 2.35. The van der Waals surface area contributed by atoms with E-state index in [0.29, 0.717) is 12.1 Å².